The Labute approximate surface area is 136 Å². The van der Waals surface area contributed by atoms with E-state index in [1.54, 1.807) is 13.2 Å². The summed E-state index contributed by atoms with van der Waals surface area (Å²) in [5.74, 6) is 1.64. The molecule has 3 rings (SSSR count). The van der Waals surface area contributed by atoms with Gasteiger partial charge in [-0.2, -0.15) is 5.26 Å². The number of benzene rings is 1. The van der Waals surface area contributed by atoms with Gasteiger partial charge in [0.1, 0.15) is 23.3 Å². The number of rotatable bonds is 4. The summed E-state index contributed by atoms with van der Waals surface area (Å²) in [5.41, 5.74) is 1.62. The number of pyridine rings is 1. The molecule has 0 spiro atoms. The Balaban J connectivity index is 1.69. The van der Waals surface area contributed by atoms with Crippen LogP contribution in [-0.2, 0) is 0 Å². The van der Waals surface area contributed by atoms with Crippen molar-refractivity contribution in [1.82, 2.24) is 4.98 Å². The molecule has 118 valence electrons. The van der Waals surface area contributed by atoms with Gasteiger partial charge in [-0.3, -0.25) is 0 Å². The molecule has 0 radical (unpaired) electrons. The van der Waals surface area contributed by atoms with E-state index < -0.39 is 0 Å². The third-order valence-electron chi connectivity index (χ3n) is 4.06. The van der Waals surface area contributed by atoms with Gasteiger partial charge in [0.2, 0.25) is 0 Å². The summed E-state index contributed by atoms with van der Waals surface area (Å²) >= 11 is 0. The highest BCUT2D eigenvalue weighted by Crippen LogP contribution is 2.25. The molecule has 1 saturated heterocycles. The van der Waals surface area contributed by atoms with Crippen LogP contribution < -0.4 is 15.0 Å². The van der Waals surface area contributed by atoms with Crippen molar-refractivity contribution in [2.24, 2.45) is 0 Å². The maximum atomic E-state index is 8.95. The molecule has 1 aromatic heterocycles. The molecule has 1 aromatic carbocycles. The lowest BCUT2D eigenvalue weighted by Crippen LogP contribution is -2.42. The van der Waals surface area contributed by atoms with Crippen LogP contribution in [0.2, 0.25) is 0 Å². The Morgan fingerprint density at radius 2 is 2.17 bits per heavy atom. The lowest BCUT2D eigenvalue weighted by atomic mass is 10.0. The molecular weight excluding hydrogens is 288 g/mol. The summed E-state index contributed by atoms with van der Waals surface area (Å²) in [7, 11) is 1.69. The van der Waals surface area contributed by atoms with Crippen molar-refractivity contribution in [2.45, 2.75) is 18.9 Å². The van der Waals surface area contributed by atoms with E-state index in [0.29, 0.717) is 11.7 Å². The first kappa shape index (κ1) is 15.2. The van der Waals surface area contributed by atoms with Gasteiger partial charge in [0, 0.05) is 30.9 Å². The SMILES string of the molecule is COc1cccc(N2CCCC(Nc3cccc(C#N)n3)C2)c1. The number of ether oxygens (including phenoxy) is 1. The van der Waals surface area contributed by atoms with Crippen LogP contribution >= 0.6 is 0 Å². The second-order valence-corrected chi connectivity index (χ2v) is 5.65. The molecule has 0 bridgehead atoms. The third-order valence-corrected chi connectivity index (χ3v) is 4.06. The lowest BCUT2D eigenvalue weighted by molar-refractivity contribution is 0.414. The van der Waals surface area contributed by atoms with Crippen LogP contribution in [0.1, 0.15) is 18.5 Å². The fraction of sp³-hybridized carbons (Fsp3) is 0.333. The molecule has 23 heavy (non-hydrogen) atoms. The summed E-state index contributed by atoms with van der Waals surface area (Å²) in [6, 6.07) is 16.0. The summed E-state index contributed by atoms with van der Waals surface area (Å²) in [4.78, 5) is 6.66. The van der Waals surface area contributed by atoms with Crippen LogP contribution in [0, 0.1) is 11.3 Å². The van der Waals surface area contributed by atoms with Crippen molar-refractivity contribution in [3.05, 3.63) is 48.2 Å². The average Bonchev–Trinajstić information content (AvgIpc) is 2.62. The van der Waals surface area contributed by atoms with E-state index in [1.807, 2.05) is 24.3 Å². The van der Waals surface area contributed by atoms with E-state index in [1.165, 1.54) is 5.69 Å². The molecule has 1 N–H and O–H groups in total. The highest BCUT2D eigenvalue weighted by Gasteiger charge is 2.20. The Hall–Kier alpha value is -2.74. The monoisotopic (exact) mass is 308 g/mol. The number of aromatic nitrogens is 1. The smallest absolute Gasteiger partial charge is 0.142 e. The van der Waals surface area contributed by atoms with Crippen LogP contribution in [0.3, 0.4) is 0 Å². The molecule has 2 aromatic rings. The fourth-order valence-corrected chi connectivity index (χ4v) is 2.92. The average molecular weight is 308 g/mol. The van der Waals surface area contributed by atoms with E-state index >= 15 is 0 Å². The standard InChI is InChI=1S/C18H20N4O/c1-23-17-8-3-7-16(11-17)22-10-4-6-15(13-22)21-18-9-2-5-14(12-19)20-18/h2-3,5,7-9,11,15H,4,6,10,13H2,1H3,(H,20,21). The summed E-state index contributed by atoms with van der Waals surface area (Å²) in [5, 5.41) is 12.4. The fourth-order valence-electron chi connectivity index (χ4n) is 2.92. The molecule has 1 aliphatic rings. The predicted molar refractivity (Wildman–Crippen MR) is 90.8 cm³/mol. The Bertz CT molecular complexity index is 710. The number of piperidine rings is 1. The van der Waals surface area contributed by atoms with Crippen molar-refractivity contribution in [3.8, 4) is 11.8 Å². The van der Waals surface area contributed by atoms with Gasteiger partial charge in [-0.25, -0.2) is 4.98 Å². The van der Waals surface area contributed by atoms with Gasteiger partial charge in [0.15, 0.2) is 0 Å². The first-order valence-electron chi connectivity index (χ1n) is 7.81. The second-order valence-electron chi connectivity index (χ2n) is 5.65. The largest absolute Gasteiger partial charge is 0.497 e. The minimum atomic E-state index is 0.316. The minimum Gasteiger partial charge on any atom is -0.497 e. The van der Waals surface area contributed by atoms with E-state index in [4.69, 9.17) is 10.00 Å². The number of hydrogen-bond donors (Lipinski definition) is 1. The van der Waals surface area contributed by atoms with Crippen molar-refractivity contribution in [1.29, 1.82) is 5.26 Å². The first-order chi connectivity index (χ1) is 11.3. The minimum absolute atomic E-state index is 0.316. The maximum Gasteiger partial charge on any atom is 0.142 e. The first-order valence-corrected chi connectivity index (χ1v) is 7.81. The van der Waals surface area contributed by atoms with Crippen LogP contribution in [0.15, 0.2) is 42.5 Å². The number of hydrogen-bond acceptors (Lipinski definition) is 5. The van der Waals surface area contributed by atoms with E-state index in [9.17, 15) is 0 Å². The normalized spacial score (nSPS) is 17.4. The van der Waals surface area contributed by atoms with Crippen molar-refractivity contribution >= 4 is 11.5 Å². The molecule has 0 aliphatic carbocycles. The van der Waals surface area contributed by atoms with Crippen molar-refractivity contribution in [2.75, 3.05) is 30.4 Å². The van der Waals surface area contributed by atoms with Crippen LogP contribution in [0.4, 0.5) is 11.5 Å². The number of nitrogens with zero attached hydrogens (tertiary/aromatic N) is 3. The Morgan fingerprint density at radius 3 is 3.00 bits per heavy atom. The maximum absolute atomic E-state index is 8.95. The number of anilines is 2. The molecule has 0 saturated carbocycles. The van der Waals surface area contributed by atoms with Crippen molar-refractivity contribution < 1.29 is 4.74 Å². The molecule has 1 fully saturated rings. The topological polar surface area (TPSA) is 61.2 Å². The molecule has 1 unspecified atom stereocenters. The van der Waals surface area contributed by atoms with E-state index in [-0.39, 0.29) is 0 Å². The Morgan fingerprint density at radius 1 is 1.30 bits per heavy atom. The van der Waals surface area contributed by atoms with Gasteiger partial charge in [-0.05, 0) is 37.1 Å². The van der Waals surface area contributed by atoms with Crippen LogP contribution in [0.25, 0.3) is 0 Å². The summed E-state index contributed by atoms with van der Waals surface area (Å²) < 4.78 is 5.31. The number of nitriles is 1. The number of methoxy groups -OCH3 is 1. The molecule has 2 heterocycles. The zero-order chi connectivity index (χ0) is 16.1. The second kappa shape index (κ2) is 7.01. The quantitative estimate of drug-likeness (QED) is 0.940. The zero-order valence-corrected chi connectivity index (χ0v) is 13.2. The van der Waals surface area contributed by atoms with Gasteiger partial charge >= 0.3 is 0 Å². The van der Waals surface area contributed by atoms with Gasteiger partial charge in [0.05, 0.1) is 7.11 Å². The van der Waals surface area contributed by atoms with Crippen LogP contribution in [0.5, 0.6) is 5.75 Å². The molecular formula is C18H20N4O. The van der Waals surface area contributed by atoms with Gasteiger partial charge < -0.3 is 15.0 Å². The molecule has 0 amide bonds. The highest BCUT2D eigenvalue weighted by molar-refractivity contribution is 5.52. The summed E-state index contributed by atoms with van der Waals surface area (Å²) in [6.07, 6.45) is 2.21. The van der Waals surface area contributed by atoms with Crippen molar-refractivity contribution in [3.63, 3.8) is 0 Å². The predicted octanol–water partition coefficient (Wildman–Crippen LogP) is 3.04. The molecule has 5 nitrogen and oxygen atoms in total. The molecule has 5 heteroatoms. The summed E-state index contributed by atoms with van der Waals surface area (Å²) in [6.45, 7) is 1.95. The van der Waals surface area contributed by atoms with Crippen LogP contribution in [-0.4, -0.2) is 31.2 Å². The third kappa shape index (κ3) is 3.72. The van der Waals surface area contributed by atoms with E-state index in [2.05, 4.69) is 33.4 Å². The van der Waals surface area contributed by atoms with Gasteiger partial charge in [-0.15, -0.1) is 0 Å². The molecule has 1 aliphatic heterocycles. The van der Waals surface area contributed by atoms with Gasteiger partial charge in [-0.1, -0.05) is 12.1 Å². The van der Waals surface area contributed by atoms with E-state index in [0.717, 1.165) is 37.5 Å². The number of nitrogens with one attached hydrogen (secondary N) is 1. The highest BCUT2D eigenvalue weighted by atomic mass is 16.5. The van der Waals surface area contributed by atoms with Gasteiger partial charge in [0.25, 0.3) is 0 Å². The lowest BCUT2D eigenvalue weighted by Gasteiger charge is -2.35. The molecule has 1 atom stereocenters. The Kier molecular flexibility index (Phi) is 4.62. The zero-order valence-electron chi connectivity index (χ0n) is 13.2.